The summed E-state index contributed by atoms with van der Waals surface area (Å²) in [6, 6.07) is 15.2. The van der Waals surface area contributed by atoms with Crippen molar-refractivity contribution in [1.82, 2.24) is 0 Å². The molecule has 5 nitrogen and oxygen atoms in total. The van der Waals surface area contributed by atoms with Crippen LogP contribution in [-0.2, 0) is 14.3 Å². The molecule has 1 heterocycles. The van der Waals surface area contributed by atoms with Gasteiger partial charge in [-0.2, -0.15) is 0 Å². The third kappa shape index (κ3) is 4.27. The first-order chi connectivity index (χ1) is 13.8. The fraction of sp³-hybridized carbons (Fsp3) is 0.217. The van der Waals surface area contributed by atoms with Gasteiger partial charge in [0.2, 0.25) is 0 Å². The van der Waals surface area contributed by atoms with Crippen molar-refractivity contribution < 1.29 is 14.3 Å². The summed E-state index contributed by atoms with van der Waals surface area (Å²) < 4.78 is 6.15. The fourth-order valence-electron chi connectivity index (χ4n) is 3.22. The summed E-state index contributed by atoms with van der Waals surface area (Å²) in [6.45, 7) is 3.76. The first kappa shape index (κ1) is 20.9. The maximum Gasteiger partial charge on any atom is 0.340 e. The second kappa shape index (κ2) is 8.66. The Labute approximate surface area is 179 Å². The summed E-state index contributed by atoms with van der Waals surface area (Å²) in [5.74, 6) is -0.737. The molecule has 0 unspecified atom stereocenters. The van der Waals surface area contributed by atoms with E-state index in [1.54, 1.807) is 24.8 Å². The number of allylic oxidation sites excluding steroid dienone is 1. The third-order valence-electron chi connectivity index (χ3n) is 4.68. The molecule has 2 aromatic rings. The molecule has 1 aliphatic heterocycles. The van der Waals surface area contributed by atoms with E-state index in [4.69, 9.17) is 4.74 Å². The number of anilines is 2. The maximum atomic E-state index is 13.3. The van der Waals surface area contributed by atoms with Crippen LogP contribution in [0, 0.1) is 0 Å². The van der Waals surface area contributed by atoms with Crippen molar-refractivity contribution in [2.24, 2.45) is 0 Å². The Bertz CT molecular complexity index is 990. The number of hydrogen-bond acceptors (Lipinski definition) is 4. The van der Waals surface area contributed by atoms with Crippen LogP contribution in [0.5, 0.6) is 0 Å². The van der Waals surface area contributed by atoms with Crippen molar-refractivity contribution in [3.05, 3.63) is 75.4 Å². The van der Waals surface area contributed by atoms with Crippen LogP contribution in [0.25, 0.3) is 6.08 Å². The second-order valence-electron chi connectivity index (χ2n) is 6.84. The predicted molar refractivity (Wildman–Crippen MR) is 120 cm³/mol. The lowest BCUT2D eigenvalue weighted by Gasteiger charge is -2.18. The zero-order valence-corrected chi connectivity index (χ0v) is 18.5. The quantitative estimate of drug-likeness (QED) is 0.481. The van der Waals surface area contributed by atoms with E-state index in [2.05, 4.69) is 15.9 Å². The molecule has 0 fully saturated rings. The number of esters is 1. The van der Waals surface area contributed by atoms with Gasteiger partial charge < -0.3 is 9.64 Å². The van der Waals surface area contributed by atoms with Crippen molar-refractivity contribution in [2.45, 2.75) is 13.8 Å². The molecule has 1 aliphatic rings. The number of carbonyl (C=O) groups is 2. The number of halogens is 1. The Morgan fingerprint density at radius 2 is 1.72 bits per heavy atom. The Balaban J connectivity index is 2.07. The first-order valence-electron chi connectivity index (χ1n) is 9.31. The summed E-state index contributed by atoms with van der Waals surface area (Å²) in [5.41, 5.74) is 3.79. The molecule has 0 radical (unpaired) electrons. The van der Waals surface area contributed by atoms with Crippen molar-refractivity contribution in [3.63, 3.8) is 0 Å². The molecule has 0 bridgehead atoms. The number of hydrogen-bond donors (Lipinski definition) is 0. The van der Waals surface area contributed by atoms with Crippen LogP contribution >= 0.6 is 15.9 Å². The molecule has 0 aliphatic carbocycles. The van der Waals surface area contributed by atoms with E-state index in [0.717, 1.165) is 15.7 Å². The number of benzene rings is 2. The molecule has 0 saturated heterocycles. The standard InChI is InChI=1S/C23H23BrN2O3/c1-5-29-23(28)21-15(2)26(19-12-8-17(24)9-13-19)22(27)20(21)14-16-6-10-18(11-7-16)25(3)4/h6-14H,5H2,1-4H3/b20-14-. The molecule has 2 aromatic carbocycles. The Hall–Kier alpha value is -2.86. The molecule has 0 atom stereocenters. The Kier molecular flexibility index (Phi) is 6.23. The molecule has 0 saturated carbocycles. The monoisotopic (exact) mass is 454 g/mol. The maximum absolute atomic E-state index is 13.3. The van der Waals surface area contributed by atoms with Gasteiger partial charge in [0.25, 0.3) is 5.91 Å². The lowest BCUT2D eigenvalue weighted by molar-refractivity contribution is -0.138. The Morgan fingerprint density at radius 3 is 2.28 bits per heavy atom. The minimum atomic E-state index is -0.492. The van der Waals surface area contributed by atoms with Crippen LogP contribution in [0.1, 0.15) is 19.4 Å². The molecule has 3 rings (SSSR count). The van der Waals surface area contributed by atoms with Gasteiger partial charge in [-0.3, -0.25) is 9.69 Å². The van der Waals surface area contributed by atoms with Gasteiger partial charge in [-0.15, -0.1) is 0 Å². The topological polar surface area (TPSA) is 49.9 Å². The highest BCUT2D eigenvalue weighted by atomic mass is 79.9. The highest BCUT2D eigenvalue weighted by Gasteiger charge is 2.38. The molecule has 150 valence electrons. The van der Waals surface area contributed by atoms with Gasteiger partial charge in [-0.25, -0.2) is 4.79 Å². The SMILES string of the molecule is CCOC(=O)C1=C(C)N(c2ccc(Br)cc2)C(=O)/C1=C\c1ccc(N(C)C)cc1. The third-order valence-corrected chi connectivity index (χ3v) is 5.21. The van der Waals surface area contributed by atoms with E-state index in [-0.39, 0.29) is 12.5 Å². The van der Waals surface area contributed by atoms with E-state index in [0.29, 0.717) is 22.5 Å². The molecule has 0 aromatic heterocycles. The zero-order chi connectivity index (χ0) is 21.1. The van der Waals surface area contributed by atoms with Gasteiger partial charge >= 0.3 is 5.97 Å². The van der Waals surface area contributed by atoms with E-state index in [1.807, 2.05) is 67.5 Å². The lowest BCUT2D eigenvalue weighted by atomic mass is 10.0. The number of amides is 1. The summed E-state index contributed by atoms with van der Waals surface area (Å²) in [5, 5.41) is 0. The largest absolute Gasteiger partial charge is 0.462 e. The average Bonchev–Trinajstić information content (AvgIpc) is 2.93. The average molecular weight is 455 g/mol. The zero-order valence-electron chi connectivity index (χ0n) is 16.9. The number of nitrogens with zero attached hydrogens (tertiary/aromatic N) is 2. The smallest absolute Gasteiger partial charge is 0.340 e. The molecule has 29 heavy (non-hydrogen) atoms. The van der Waals surface area contributed by atoms with E-state index >= 15 is 0 Å². The van der Waals surface area contributed by atoms with Crippen LogP contribution in [0.3, 0.4) is 0 Å². The summed E-state index contributed by atoms with van der Waals surface area (Å²) in [4.78, 5) is 29.5. The van der Waals surface area contributed by atoms with Gasteiger partial charge in [0.15, 0.2) is 0 Å². The molecule has 0 spiro atoms. The minimum absolute atomic E-state index is 0.243. The van der Waals surface area contributed by atoms with Gasteiger partial charge in [0.05, 0.1) is 17.8 Å². The fourth-order valence-corrected chi connectivity index (χ4v) is 3.48. The molecule has 1 amide bonds. The molecular weight excluding hydrogens is 432 g/mol. The normalized spacial score (nSPS) is 15.3. The van der Waals surface area contributed by atoms with E-state index in [1.165, 1.54) is 0 Å². The van der Waals surface area contributed by atoms with Crippen molar-refractivity contribution in [1.29, 1.82) is 0 Å². The molecule has 0 N–H and O–H groups in total. The number of carbonyl (C=O) groups excluding carboxylic acids is 2. The highest BCUT2D eigenvalue weighted by Crippen LogP contribution is 2.36. The van der Waals surface area contributed by atoms with Crippen LogP contribution < -0.4 is 9.80 Å². The van der Waals surface area contributed by atoms with Gasteiger partial charge in [0.1, 0.15) is 0 Å². The number of rotatable bonds is 5. The predicted octanol–water partition coefficient (Wildman–Crippen LogP) is 4.78. The van der Waals surface area contributed by atoms with Crippen molar-refractivity contribution >= 4 is 45.3 Å². The molecule has 6 heteroatoms. The van der Waals surface area contributed by atoms with Crippen LogP contribution in [0.4, 0.5) is 11.4 Å². The second-order valence-corrected chi connectivity index (χ2v) is 7.76. The summed E-state index contributed by atoms with van der Waals surface area (Å²) in [7, 11) is 3.93. The van der Waals surface area contributed by atoms with Gasteiger partial charge in [0, 0.05) is 35.6 Å². The Morgan fingerprint density at radius 1 is 1.10 bits per heavy atom. The minimum Gasteiger partial charge on any atom is -0.462 e. The van der Waals surface area contributed by atoms with Crippen LogP contribution in [0.2, 0.25) is 0 Å². The van der Waals surface area contributed by atoms with E-state index < -0.39 is 5.97 Å². The van der Waals surface area contributed by atoms with Crippen molar-refractivity contribution in [2.75, 3.05) is 30.5 Å². The number of ether oxygens (including phenoxy) is 1. The molecular formula is C23H23BrN2O3. The van der Waals surface area contributed by atoms with Crippen molar-refractivity contribution in [3.8, 4) is 0 Å². The summed E-state index contributed by atoms with van der Waals surface area (Å²) in [6.07, 6.45) is 1.75. The van der Waals surface area contributed by atoms with Gasteiger partial charge in [-0.05, 0) is 61.9 Å². The summed E-state index contributed by atoms with van der Waals surface area (Å²) >= 11 is 3.41. The lowest BCUT2D eigenvalue weighted by Crippen LogP contribution is -2.24. The van der Waals surface area contributed by atoms with Gasteiger partial charge in [-0.1, -0.05) is 28.1 Å². The van der Waals surface area contributed by atoms with Crippen LogP contribution in [-0.4, -0.2) is 32.6 Å². The first-order valence-corrected chi connectivity index (χ1v) is 10.1. The van der Waals surface area contributed by atoms with Crippen LogP contribution in [0.15, 0.2) is 69.8 Å². The van der Waals surface area contributed by atoms with E-state index in [9.17, 15) is 9.59 Å². The highest BCUT2D eigenvalue weighted by molar-refractivity contribution is 9.10.